The zero-order valence-electron chi connectivity index (χ0n) is 22.8. The zero-order valence-corrected chi connectivity index (χ0v) is 22.8. The average Bonchev–Trinajstić information content (AvgIpc) is 2.99. The van der Waals surface area contributed by atoms with E-state index in [0.717, 1.165) is 16.9 Å². The normalized spacial score (nSPS) is 14.6. The molecule has 1 aliphatic rings. The van der Waals surface area contributed by atoms with Gasteiger partial charge in [0.15, 0.2) is 18.1 Å². The maximum Gasteiger partial charge on any atom is 0.337 e. The molecular formula is C30H30N4O7. The maximum absolute atomic E-state index is 12.3. The van der Waals surface area contributed by atoms with Gasteiger partial charge in [0, 0.05) is 5.70 Å². The van der Waals surface area contributed by atoms with Gasteiger partial charge >= 0.3 is 12.0 Å². The van der Waals surface area contributed by atoms with Crippen LogP contribution in [0.5, 0.6) is 17.2 Å². The second-order valence-electron chi connectivity index (χ2n) is 8.90. The molecule has 1 atom stereocenters. The summed E-state index contributed by atoms with van der Waals surface area (Å²) in [5.41, 5.74) is 5.48. The molecular weight excluding hydrogens is 528 g/mol. The summed E-state index contributed by atoms with van der Waals surface area (Å²) in [6, 6.07) is 20.8. The molecule has 0 unspecified atom stereocenters. The number of nitrogens with one attached hydrogen (secondary N) is 3. The molecule has 4 rings (SSSR count). The molecule has 3 aromatic carbocycles. The summed E-state index contributed by atoms with van der Waals surface area (Å²) < 4.78 is 21.7. The summed E-state index contributed by atoms with van der Waals surface area (Å²) in [5.74, 6) is 0.264. The predicted octanol–water partition coefficient (Wildman–Crippen LogP) is 3.60. The zero-order chi connectivity index (χ0) is 29.2. The monoisotopic (exact) mass is 558 g/mol. The number of benzene rings is 3. The third-order valence-corrected chi connectivity index (χ3v) is 6.09. The van der Waals surface area contributed by atoms with Gasteiger partial charge in [-0.05, 0) is 60.0 Å². The molecule has 212 valence electrons. The molecule has 41 heavy (non-hydrogen) atoms. The quantitative estimate of drug-likeness (QED) is 0.186. The molecule has 11 heteroatoms. The fraction of sp³-hybridized carbons (Fsp3) is 0.200. The van der Waals surface area contributed by atoms with Crippen LogP contribution in [0.1, 0.15) is 29.7 Å². The fourth-order valence-corrected chi connectivity index (χ4v) is 4.05. The lowest BCUT2D eigenvalue weighted by molar-refractivity contribution is -0.136. The number of nitrogens with zero attached hydrogens (tertiary/aromatic N) is 1. The Morgan fingerprint density at radius 3 is 2.44 bits per heavy atom. The number of carbonyl (C=O) groups is 3. The second kappa shape index (κ2) is 13.7. The molecule has 0 aliphatic carbocycles. The van der Waals surface area contributed by atoms with Gasteiger partial charge in [0.05, 0.1) is 32.0 Å². The number of methoxy groups -OCH3 is 2. The Balaban J connectivity index is 1.31. The van der Waals surface area contributed by atoms with Crippen LogP contribution < -0.4 is 30.3 Å². The minimum Gasteiger partial charge on any atom is -0.493 e. The van der Waals surface area contributed by atoms with Crippen LogP contribution in [0.25, 0.3) is 0 Å². The molecule has 11 nitrogen and oxygen atoms in total. The SMILES string of the molecule is COC(=O)C1=C(C)NC(=O)N[C@@H]1c1ccc(OCC(=O)N/N=C\c2ccc(OCc3ccccc3)cc2)c(OC)c1. The number of rotatable bonds is 11. The van der Waals surface area contributed by atoms with Crippen molar-refractivity contribution in [3.63, 3.8) is 0 Å². The molecule has 3 N–H and O–H groups in total. The van der Waals surface area contributed by atoms with Gasteiger partial charge < -0.3 is 29.6 Å². The lowest BCUT2D eigenvalue weighted by Gasteiger charge is -2.28. The van der Waals surface area contributed by atoms with E-state index in [-0.39, 0.29) is 12.2 Å². The molecule has 1 aliphatic heterocycles. The Morgan fingerprint density at radius 1 is 0.976 bits per heavy atom. The molecule has 0 fully saturated rings. The van der Waals surface area contributed by atoms with Crippen LogP contribution in [0.3, 0.4) is 0 Å². The Labute approximate surface area is 237 Å². The van der Waals surface area contributed by atoms with Crippen molar-refractivity contribution in [2.45, 2.75) is 19.6 Å². The van der Waals surface area contributed by atoms with Crippen molar-refractivity contribution in [1.82, 2.24) is 16.1 Å². The van der Waals surface area contributed by atoms with Gasteiger partial charge in [-0.3, -0.25) is 4.79 Å². The molecule has 0 aromatic heterocycles. The van der Waals surface area contributed by atoms with E-state index in [1.165, 1.54) is 20.4 Å². The summed E-state index contributed by atoms with van der Waals surface area (Å²) in [7, 11) is 2.71. The summed E-state index contributed by atoms with van der Waals surface area (Å²) in [4.78, 5) is 36.7. The highest BCUT2D eigenvalue weighted by Crippen LogP contribution is 2.34. The molecule has 0 saturated carbocycles. The first kappa shape index (κ1) is 28.7. The number of urea groups is 1. The fourth-order valence-electron chi connectivity index (χ4n) is 4.05. The minimum absolute atomic E-state index is 0.259. The summed E-state index contributed by atoms with van der Waals surface area (Å²) in [6.07, 6.45) is 1.51. The lowest BCUT2D eigenvalue weighted by atomic mass is 9.95. The first-order chi connectivity index (χ1) is 19.9. The summed E-state index contributed by atoms with van der Waals surface area (Å²) in [5, 5.41) is 9.25. The van der Waals surface area contributed by atoms with Gasteiger partial charge in [0.1, 0.15) is 12.4 Å². The van der Waals surface area contributed by atoms with Gasteiger partial charge in [-0.25, -0.2) is 15.0 Å². The number of amides is 3. The number of hydrogen-bond acceptors (Lipinski definition) is 8. The molecule has 0 spiro atoms. The number of carbonyl (C=O) groups excluding carboxylic acids is 3. The summed E-state index contributed by atoms with van der Waals surface area (Å²) >= 11 is 0. The first-order valence-corrected chi connectivity index (χ1v) is 12.6. The smallest absolute Gasteiger partial charge is 0.337 e. The van der Waals surface area contributed by atoms with Crippen LogP contribution in [-0.4, -0.2) is 44.9 Å². The maximum atomic E-state index is 12.3. The molecule has 0 bridgehead atoms. The molecule has 1 heterocycles. The van der Waals surface area contributed by atoms with E-state index in [9.17, 15) is 14.4 Å². The van der Waals surface area contributed by atoms with Crippen molar-refractivity contribution in [2.24, 2.45) is 5.10 Å². The van der Waals surface area contributed by atoms with Crippen LogP contribution >= 0.6 is 0 Å². The van der Waals surface area contributed by atoms with E-state index in [4.69, 9.17) is 18.9 Å². The van der Waals surface area contributed by atoms with Crippen molar-refractivity contribution in [3.8, 4) is 17.2 Å². The van der Waals surface area contributed by atoms with E-state index in [2.05, 4.69) is 21.2 Å². The van der Waals surface area contributed by atoms with E-state index in [1.54, 1.807) is 25.1 Å². The second-order valence-corrected chi connectivity index (χ2v) is 8.90. The number of allylic oxidation sites excluding steroid dienone is 1. The Morgan fingerprint density at radius 2 is 1.73 bits per heavy atom. The van der Waals surface area contributed by atoms with Gasteiger partial charge in [0.2, 0.25) is 0 Å². The van der Waals surface area contributed by atoms with E-state index >= 15 is 0 Å². The van der Waals surface area contributed by atoms with Crippen LogP contribution in [0.4, 0.5) is 4.79 Å². The molecule has 0 radical (unpaired) electrons. The van der Waals surface area contributed by atoms with Crippen molar-refractivity contribution >= 4 is 24.1 Å². The van der Waals surface area contributed by atoms with E-state index in [1.807, 2.05) is 54.6 Å². The highest BCUT2D eigenvalue weighted by molar-refractivity contribution is 5.95. The first-order valence-electron chi connectivity index (χ1n) is 12.6. The topological polar surface area (TPSA) is 137 Å². The van der Waals surface area contributed by atoms with Crippen LogP contribution in [-0.2, 0) is 20.9 Å². The van der Waals surface area contributed by atoms with Gasteiger partial charge in [-0.2, -0.15) is 5.10 Å². The van der Waals surface area contributed by atoms with E-state index < -0.39 is 23.9 Å². The van der Waals surface area contributed by atoms with Crippen LogP contribution in [0, 0.1) is 0 Å². The highest BCUT2D eigenvalue weighted by atomic mass is 16.5. The summed E-state index contributed by atoms with van der Waals surface area (Å²) in [6.45, 7) is 1.76. The van der Waals surface area contributed by atoms with E-state index in [0.29, 0.717) is 29.4 Å². The third-order valence-electron chi connectivity index (χ3n) is 6.09. The average molecular weight is 559 g/mol. The largest absolute Gasteiger partial charge is 0.493 e. The Hall–Kier alpha value is -5.32. The van der Waals surface area contributed by atoms with Gasteiger partial charge in [-0.1, -0.05) is 36.4 Å². The third kappa shape index (κ3) is 7.63. The Bertz CT molecular complexity index is 1450. The standard InChI is InChI=1S/C30H30N4O7/c1-19-27(29(36)39-3)28(33-30(37)32-19)22-11-14-24(25(15-22)38-2)41-18-26(35)34-31-16-20-9-12-23(13-10-20)40-17-21-7-5-4-6-8-21/h4-16,28H,17-18H2,1-3H3,(H,34,35)(H2,32,33,37)/b31-16-/t28-/m1/s1. The Kier molecular flexibility index (Phi) is 9.55. The number of ether oxygens (including phenoxy) is 4. The van der Waals surface area contributed by atoms with Gasteiger partial charge in [0.25, 0.3) is 5.91 Å². The van der Waals surface area contributed by atoms with Crippen molar-refractivity contribution in [2.75, 3.05) is 20.8 Å². The predicted molar refractivity (Wildman–Crippen MR) is 151 cm³/mol. The van der Waals surface area contributed by atoms with Crippen LogP contribution in [0.15, 0.2) is 89.2 Å². The molecule has 3 amide bonds. The van der Waals surface area contributed by atoms with Crippen molar-refractivity contribution < 1.29 is 33.3 Å². The van der Waals surface area contributed by atoms with Crippen molar-refractivity contribution in [3.05, 3.63) is 101 Å². The highest BCUT2D eigenvalue weighted by Gasteiger charge is 2.32. The lowest BCUT2D eigenvalue weighted by Crippen LogP contribution is -2.45. The number of hydrogen-bond donors (Lipinski definition) is 3. The van der Waals surface area contributed by atoms with Gasteiger partial charge in [-0.15, -0.1) is 0 Å². The molecule has 3 aromatic rings. The van der Waals surface area contributed by atoms with Crippen molar-refractivity contribution in [1.29, 1.82) is 0 Å². The number of hydrazone groups is 1. The minimum atomic E-state index is -0.763. The van der Waals surface area contributed by atoms with Crippen LogP contribution in [0.2, 0.25) is 0 Å². The molecule has 0 saturated heterocycles. The number of esters is 1.